The Morgan fingerprint density at radius 3 is 2.82 bits per heavy atom. The summed E-state index contributed by atoms with van der Waals surface area (Å²) in [5, 5.41) is 4.81. The maximum atomic E-state index is 4.84. The van der Waals surface area contributed by atoms with Crippen molar-refractivity contribution in [1.82, 2.24) is 5.32 Å². The first kappa shape index (κ1) is 13.3. The van der Waals surface area contributed by atoms with Crippen LogP contribution in [0.4, 0.5) is 0 Å². The lowest BCUT2D eigenvalue weighted by molar-refractivity contribution is 0.438. The van der Waals surface area contributed by atoms with E-state index < -0.39 is 0 Å². The minimum atomic E-state index is 0.592. The number of rotatable bonds is 5. The van der Waals surface area contributed by atoms with Crippen LogP contribution in [-0.4, -0.2) is 23.5 Å². The van der Waals surface area contributed by atoms with E-state index in [2.05, 4.69) is 26.1 Å². The third-order valence-corrected chi connectivity index (χ3v) is 5.04. The van der Waals surface area contributed by atoms with Gasteiger partial charge in [0.2, 0.25) is 0 Å². The molecule has 1 heterocycles. The number of amidine groups is 1. The summed E-state index contributed by atoms with van der Waals surface area (Å²) < 4.78 is 0. The summed E-state index contributed by atoms with van der Waals surface area (Å²) >= 11 is 1.91. The van der Waals surface area contributed by atoms with Gasteiger partial charge in [-0.1, -0.05) is 39.0 Å². The maximum Gasteiger partial charge on any atom is 0.156 e. The number of nitrogens with zero attached hydrogens (tertiary/aromatic N) is 1. The molecule has 1 aliphatic heterocycles. The third-order valence-electron chi connectivity index (χ3n) is 4.08. The number of thioether (sulfide) groups is 1. The van der Waals surface area contributed by atoms with Gasteiger partial charge in [0.05, 0.1) is 0 Å². The van der Waals surface area contributed by atoms with Gasteiger partial charge in [0.1, 0.15) is 0 Å². The minimum absolute atomic E-state index is 0.592. The first-order valence-corrected chi connectivity index (χ1v) is 8.07. The van der Waals surface area contributed by atoms with Crippen LogP contribution < -0.4 is 5.32 Å². The number of aliphatic imine (C=N–C) groups is 1. The Bertz CT molecular complexity index is 282. The Hall–Kier alpha value is -0.180. The molecule has 1 N–H and O–H groups in total. The molecule has 1 saturated heterocycles. The van der Waals surface area contributed by atoms with Crippen LogP contribution in [0.5, 0.6) is 0 Å². The average molecular weight is 254 g/mol. The van der Waals surface area contributed by atoms with Crippen molar-refractivity contribution in [2.45, 2.75) is 58.9 Å². The highest BCUT2D eigenvalue weighted by Gasteiger charge is 2.41. The van der Waals surface area contributed by atoms with Gasteiger partial charge in [-0.15, -0.1) is 0 Å². The molecule has 0 bridgehead atoms. The predicted octanol–water partition coefficient (Wildman–Crippen LogP) is 3.67. The molecule has 0 aromatic carbocycles. The Balaban J connectivity index is 1.85. The van der Waals surface area contributed by atoms with Crippen molar-refractivity contribution in [3.63, 3.8) is 0 Å². The largest absolute Gasteiger partial charge is 0.362 e. The Kier molecular flexibility index (Phi) is 4.40. The zero-order chi connectivity index (χ0) is 12.3. The zero-order valence-electron chi connectivity index (χ0n) is 11.5. The summed E-state index contributed by atoms with van der Waals surface area (Å²) in [5.41, 5.74) is 0.592. The fourth-order valence-corrected chi connectivity index (χ4v) is 3.54. The van der Waals surface area contributed by atoms with Gasteiger partial charge < -0.3 is 5.32 Å². The average Bonchev–Trinajstić information content (AvgIpc) is 3.08. The van der Waals surface area contributed by atoms with Crippen molar-refractivity contribution in [3.05, 3.63) is 0 Å². The van der Waals surface area contributed by atoms with Crippen molar-refractivity contribution >= 4 is 16.9 Å². The number of nitrogens with one attached hydrogen (secondary N) is 1. The van der Waals surface area contributed by atoms with E-state index in [9.17, 15) is 0 Å². The SMILES string of the molecule is CCCC1(CN=C2NC(C(C)C)CCS2)CC1. The second-order valence-electron chi connectivity index (χ2n) is 6.00. The van der Waals surface area contributed by atoms with Gasteiger partial charge in [-0.2, -0.15) is 0 Å². The molecule has 3 heteroatoms. The molecule has 2 aliphatic rings. The summed E-state index contributed by atoms with van der Waals surface area (Å²) in [6.07, 6.45) is 6.75. The van der Waals surface area contributed by atoms with Crippen LogP contribution in [0.3, 0.4) is 0 Å². The van der Waals surface area contributed by atoms with E-state index in [4.69, 9.17) is 4.99 Å². The molecule has 1 atom stereocenters. The molecule has 17 heavy (non-hydrogen) atoms. The quantitative estimate of drug-likeness (QED) is 0.809. The van der Waals surface area contributed by atoms with Gasteiger partial charge in [0.25, 0.3) is 0 Å². The second kappa shape index (κ2) is 5.64. The van der Waals surface area contributed by atoms with E-state index in [0.29, 0.717) is 17.4 Å². The van der Waals surface area contributed by atoms with Crippen LogP contribution in [0.1, 0.15) is 52.9 Å². The maximum absolute atomic E-state index is 4.84. The van der Waals surface area contributed by atoms with Gasteiger partial charge in [-0.25, -0.2) is 0 Å². The van der Waals surface area contributed by atoms with Gasteiger partial charge in [0.15, 0.2) is 5.17 Å². The van der Waals surface area contributed by atoms with Crippen LogP contribution >= 0.6 is 11.8 Å². The van der Waals surface area contributed by atoms with Gasteiger partial charge >= 0.3 is 0 Å². The van der Waals surface area contributed by atoms with E-state index >= 15 is 0 Å². The lowest BCUT2D eigenvalue weighted by Crippen LogP contribution is -2.41. The summed E-state index contributed by atoms with van der Waals surface area (Å²) in [6, 6.07) is 0.635. The highest BCUT2D eigenvalue weighted by molar-refractivity contribution is 8.13. The smallest absolute Gasteiger partial charge is 0.156 e. The summed E-state index contributed by atoms with van der Waals surface area (Å²) in [7, 11) is 0. The molecule has 0 aromatic heterocycles. The van der Waals surface area contributed by atoms with Crippen molar-refractivity contribution in [1.29, 1.82) is 0 Å². The number of hydrogen-bond donors (Lipinski definition) is 1. The molecule has 1 aliphatic carbocycles. The van der Waals surface area contributed by atoms with Crippen molar-refractivity contribution in [2.24, 2.45) is 16.3 Å². The lowest BCUT2D eigenvalue weighted by atomic mass is 10.0. The molecule has 0 radical (unpaired) electrons. The van der Waals surface area contributed by atoms with Crippen LogP contribution in [0, 0.1) is 11.3 Å². The van der Waals surface area contributed by atoms with Gasteiger partial charge in [0, 0.05) is 18.3 Å². The highest BCUT2D eigenvalue weighted by atomic mass is 32.2. The predicted molar refractivity (Wildman–Crippen MR) is 77.7 cm³/mol. The van der Waals surface area contributed by atoms with E-state index in [1.54, 1.807) is 0 Å². The zero-order valence-corrected chi connectivity index (χ0v) is 12.3. The molecule has 0 spiro atoms. The van der Waals surface area contributed by atoms with E-state index in [1.807, 2.05) is 11.8 Å². The van der Waals surface area contributed by atoms with Crippen LogP contribution in [0.25, 0.3) is 0 Å². The Labute approximate surface area is 110 Å². The number of hydrogen-bond acceptors (Lipinski definition) is 2. The van der Waals surface area contributed by atoms with Gasteiger partial charge in [-0.05, 0) is 37.0 Å². The van der Waals surface area contributed by atoms with Crippen molar-refractivity contribution < 1.29 is 0 Å². The lowest BCUT2D eigenvalue weighted by Gasteiger charge is -2.28. The van der Waals surface area contributed by atoms with Gasteiger partial charge in [-0.3, -0.25) is 4.99 Å². The first-order valence-electron chi connectivity index (χ1n) is 7.09. The van der Waals surface area contributed by atoms with Crippen molar-refractivity contribution in [2.75, 3.05) is 12.3 Å². The van der Waals surface area contributed by atoms with Crippen LogP contribution in [-0.2, 0) is 0 Å². The van der Waals surface area contributed by atoms with Crippen LogP contribution in [0.15, 0.2) is 4.99 Å². The first-order chi connectivity index (χ1) is 8.15. The Morgan fingerprint density at radius 1 is 1.47 bits per heavy atom. The molecular weight excluding hydrogens is 228 g/mol. The minimum Gasteiger partial charge on any atom is -0.362 e. The molecule has 2 rings (SSSR count). The summed E-state index contributed by atoms with van der Waals surface area (Å²) in [4.78, 5) is 4.84. The topological polar surface area (TPSA) is 24.4 Å². The molecule has 0 aromatic rings. The Morgan fingerprint density at radius 2 is 2.24 bits per heavy atom. The van der Waals surface area contributed by atoms with Crippen molar-refractivity contribution in [3.8, 4) is 0 Å². The van der Waals surface area contributed by atoms with Crippen LogP contribution in [0.2, 0.25) is 0 Å². The van der Waals surface area contributed by atoms with E-state index in [1.165, 1.54) is 43.0 Å². The molecule has 1 saturated carbocycles. The second-order valence-corrected chi connectivity index (χ2v) is 7.09. The normalized spacial score (nSPS) is 29.4. The molecule has 2 nitrogen and oxygen atoms in total. The fourth-order valence-electron chi connectivity index (χ4n) is 2.58. The third kappa shape index (κ3) is 3.64. The molecule has 1 unspecified atom stereocenters. The monoisotopic (exact) mass is 254 g/mol. The van der Waals surface area contributed by atoms with E-state index in [0.717, 1.165) is 6.54 Å². The molecule has 2 fully saturated rings. The summed E-state index contributed by atoms with van der Waals surface area (Å²) in [5.74, 6) is 1.95. The van der Waals surface area contributed by atoms with E-state index in [-0.39, 0.29) is 0 Å². The standard InChI is InChI=1S/C14H26N2S/c1-4-6-14(7-8-14)10-15-13-16-12(11(2)3)5-9-17-13/h11-12H,4-10H2,1-3H3,(H,15,16). The summed E-state index contributed by atoms with van der Waals surface area (Å²) in [6.45, 7) is 7.94. The molecule has 0 amide bonds. The highest BCUT2D eigenvalue weighted by Crippen LogP contribution is 2.49. The molecular formula is C14H26N2S. The molecule has 98 valence electrons. The fraction of sp³-hybridized carbons (Fsp3) is 0.929.